The molecule has 0 saturated carbocycles. The van der Waals surface area contributed by atoms with Crippen molar-refractivity contribution in [1.29, 1.82) is 0 Å². The van der Waals surface area contributed by atoms with Gasteiger partial charge in [0.1, 0.15) is 5.75 Å². The molecule has 0 bridgehead atoms. The molecule has 0 amide bonds. The molecule has 2 aromatic rings. The molecule has 6 nitrogen and oxygen atoms in total. The number of hydrogen-bond acceptors (Lipinski definition) is 5. The van der Waals surface area contributed by atoms with Crippen LogP contribution >= 0.6 is 27.5 Å². The number of aromatic nitrogens is 2. The second-order valence-electron chi connectivity index (χ2n) is 3.56. The van der Waals surface area contributed by atoms with Gasteiger partial charge in [-0.3, -0.25) is 0 Å². The Morgan fingerprint density at radius 2 is 2.20 bits per heavy atom. The second kappa shape index (κ2) is 6.06. The van der Waals surface area contributed by atoms with Gasteiger partial charge in [-0.1, -0.05) is 11.6 Å². The summed E-state index contributed by atoms with van der Waals surface area (Å²) in [4.78, 5) is 18.9. The maximum Gasteiger partial charge on any atom is 0.337 e. The molecular formula is C12H8BrClN2O4. The Balaban J connectivity index is 2.30. The fraction of sp³-hybridized carbons (Fsp3) is 0.0833. The summed E-state index contributed by atoms with van der Waals surface area (Å²) in [6.45, 7) is 0. The first-order valence-corrected chi connectivity index (χ1v) is 6.45. The van der Waals surface area contributed by atoms with Crippen molar-refractivity contribution in [2.24, 2.45) is 0 Å². The number of halogens is 2. The Morgan fingerprint density at radius 3 is 2.85 bits per heavy atom. The van der Waals surface area contributed by atoms with Gasteiger partial charge in [-0.25, -0.2) is 9.78 Å². The van der Waals surface area contributed by atoms with Crippen molar-refractivity contribution >= 4 is 33.5 Å². The van der Waals surface area contributed by atoms with E-state index in [1.165, 1.54) is 31.5 Å². The van der Waals surface area contributed by atoms with E-state index in [0.717, 1.165) is 0 Å². The molecule has 1 N–H and O–H groups in total. The Kier molecular flexibility index (Phi) is 4.41. The molecule has 0 aliphatic carbocycles. The molecule has 0 unspecified atom stereocenters. The quantitative estimate of drug-likeness (QED) is 0.901. The number of methoxy groups -OCH3 is 1. The van der Waals surface area contributed by atoms with Gasteiger partial charge in [0.15, 0.2) is 0 Å². The molecule has 0 aliphatic heterocycles. The second-order valence-corrected chi connectivity index (χ2v) is 4.82. The Bertz CT molecular complexity index is 666. The van der Waals surface area contributed by atoms with Gasteiger partial charge in [0.2, 0.25) is 5.88 Å². The van der Waals surface area contributed by atoms with Gasteiger partial charge < -0.3 is 14.6 Å². The van der Waals surface area contributed by atoms with Crippen molar-refractivity contribution in [1.82, 2.24) is 9.97 Å². The van der Waals surface area contributed by atoms with Crippen LogP contribution in [0.4, 0.5) is 0 Å². The number of aromatic carboxylic acids is 1. The van der Waals surface area contributed by atoms with E-state index in [1.807, 2.05) is 0 Å². The number of carboxylic acid groups (broad SMARTS) is 1. The summed E-state index contributed by atoms with van der Waals surface area (Å²) >= 11 is 8.98. The predicted molar refractivity (Wildman–Crippen MR) is 74.8 cm³/mol. The molecule has 0 spiro atoms. The largest absolute Gasteiger partial charge is 0.480 e. The van der Waals surface area contributed by atoms with Crippen LogP contribution in [0.3, 0.4) is 0 Å². The Labute approximate surface area is 127 Å². The third-order valence-electron chi connectivity index (χ3n) is 2.26. The highest BCUT2D eigenvalue weighted by Gasteiger charge is 2.12. The third kappa shape index (κ3) is 3.17. The van der Waals surface area contributed by atoms with Crippen molar-refractivity contribution in [2.45, 2.75) is 0 Å². The van der Waals surface area contributed by atoms with Crippen LogP contribution in [0.25, 0.3) is 0 Å². The summed E-state index contributed by atoms with van der Waals surface area (Å²) in [5.41, 5.74) is -0.0618. The molecule has 20 heavy (non-hydrogen) atoms. The summed E-state index contributed by atoms with van der Waals surface area (Å²) in [5.74, 6) is -0.576. The number of carboxylic acids is 1. The van der Waals surface area contributed by atoms with Gasteiger partial charge >= 0.3 is 12.0 Å². The van der Waals surface area contributed by atoms with Gasteiger partial charge in [-0.05, 0) is 34.1 Å². The maximum atomic E-state index is 11.0. The molecule has 0 aliphatic rings. The van der Waals surface area contributed by atoms with Crippen LogP contribution < -0.4 is 9.47 Å². The molecular weight excluding hydrogens is 351 g/mol. The first kappa shape index (κ1) is 14.5. The Hall–Kier alpha value is -1.86. The zero-order chi connectivity index (χ0) is 14.7. The molecule has 0 radical (unpaired) electrons. The van der Waals surface area contributed by atoms with Crippen LogP contribution in [0, 0.1) is 0 Å². The fourth-order valence-electron chi connectivity index (χ4n) is 1.37. The van der Waals surface area contributed by atoms with Crippen molar-refractivity contribution in [2.75, 3.05) is 7.11 Å². The summed E-state index contributed by atoms with van der Waals surface area (Å²) < 4.78 is 11.0. The average Bonchev–Trinajstić information content (AvgIpc) is 2.42. The van der Waals surface area contributed by atoms with E-state index in [4.69, 9.17) is 26.2 Å². The van der Waals surface area contributed by atoms with Gasteiger partial charge in [0.05, 0.1) is 28.4 Å². The summed E-state index contributed by atoms with van der Waals surface area (Å²) in [5, 5.41) is 9.10. The lowest BCUT2D eigenvalue weighted by Gasteiger charge is -2.07. The highest BCUT2D eigenvalue weighted by Crippen LogP contribution is 2.27. The first-order chi connectivity index (χ1) is 9.51. The standard InChI is InChI=1S/C12H8BrClN2O4/c1-19-10-8(13)5-15-12(16-10)20-6-2-3-9(14)7(4-6)11(17)18/h2-5H,1H3,(H,17,18). The predicted octanol–water partition coefficient (Wildman–Crippen LogP) is 3.39. The first-order valence-electron chi connectivity index (χ1n) is 5.28. The van der Waals surface area contributed by atoms with E-state index >= 15 is 0 Å². The van der Waals surface area contributed by atoms with Gasteiger partial charge in [-0.2, -0.15) is 4.98 Å². The molecule has 1 aromatic heterocycles. The number of rotatable bonds is 4. The van der Waals surface area contributed by atoms with E-state index in [1.54, 1.807) is 0 Å². The summed E-state index contributed by atoms with van der Waals surface area (Å²) in [6, 6.07) is 4.27. The third-order valence-corrected chi connectivity index (χ3v) is 3.13. The van der Waals surface area contributed by atoms with E-state index in [9.17, 15) is 4.79 Å². The molecule has 8 heteroatoms. The topological polar surface area (TPSA) is 81.5 Å². The van der Waals surface area contributed by atoms with Gasteiger partial charge in [0.25, 0.3) is 0 Å². The number of ether oxygens (including phenoxy) is 2. The lowest BCUT2D eigenvalue weighted by molar-refractivity contribution is 0.0696. The number of carbonyl (C=O) groups is 1. The molecule has 2 rings (SSSR count). The van der Waals surface area contributed by atoms with Crippen LogP contribution in [0.15, 0.2) is 28.9 Å². The van der Waals surface area contributed by atoms with Crippen LogP contribution in [-0.2, 0) is 0 Å². The number of benzene rings is 1. The van der Waals surface area contributed by atoms with Crippen molar-refractivity contribution in [3.05, 3.63) is 39.5 Å². The number of nitrogens with zero attached hydrogens (tertiary/aromatic N) is 2. The molecule has 0 atom stereocenters. The fourth-order valence-corrected chi connectivity index (χ4v) is 1.92. The smallest absolute Gasteiger partial charge is 0.337 e. The molecule has 104 valence electrons. The highest BCUT2D eigenvalue weighted by molar-refractivity contribution is 9.10. The van der Waals surface area contributed by atoms with E-state index in [0.29, 0.717) is 10.4 Å². The molecule has 1 aromatic carbocycles. The average molecular weight is 360 g/mol. The minimum Gasteiger partial charge on any atom is -0.480 e. The molecule has 1 heterocycles. The maximum absolute atomic E-state index is 11.0. The zero-order valence-electron chi connectivity index (χ0n) is 10.1. The lowest BCUT2D eigenvalue weighted by atomic mass is 10.2. The van der Waals surface area contributed by atoms with Crippen LogP contribution in [0.2, 0.25) is 5.02 Å². The van der Waals surface area contributed by atoms with Crippen molar-refractivity contribution < 1.29 is 19.4 Å². The van der Waals surface area contributed by atoms with E-state index < -0.39 is 5.97 Å². The van der Waals surface area contributed by atoms with Crippen LogP contribution in [0.5, 0.6) is 17.6 Å². The van der Waals surface area contributed by atoms with Crippen LogP contribution in [-0.4, -0.2) is 28.2 Å². The van der Waals surface area contributed by atoms with Gasteiger partial charge in [0, 0.05) is 0 Å². The zero-order valence-corrected chi connectivity index (χ0v) is 12.5. The normalized spacial score (nSPS) is 10.2. The van der Waals surface area contributed by atoms with Crippen molar-refractivity contribution in [3.8, 4) is 17.6 Å². The van der Waals surface area contributed by atoms with Crippen molar-refractivity contribution in [3.63, 3.8) is 0 Å². The monoisotopic (exact) mass is 358 g/mol. The van der Waals surface area contributed by atoms with E-state index in [2.05, 4.69) is 25.9 Å². The summed E-state index contributed by atoms with van der Waals surface area (Å²) in [6.07, 6.45) is 1.47. The molecule has 0 saturated heterocycles. The lowest BCUT2D eigenvalue weighted by Crippen LogP contribution is -1.99. The highest BCUT2D eigenvalue weighted by atomic mass is 79.9. The minimum absolute atomic E-state index is 0.0312. The van der Waals surface area contributed by atoms with Gasteiger partial charge in [-0.15, -0.1) is 0 Å². The van der Waals surface area contributed by atoms with E-state index in [-0.39, 0.29) is 22.3 Å². The SMILES string of the molecule is COc1nc(Oc2ccc(Cl)c(C(=O)O)c2)ncc1Br. The van der Waals surface area contributed by atoms with Crippen LogP contribution in [0.1, 0.15) is 10.4 Å². The molecule has 0 fully saturated rings. The minimum atomic E-state index is -1.14. The Morgan fingerprint density at radius 1 is 1.45 bits per heavy atom. The summed E-state index contributed by atoms with van der Waals surface area (Å²) in [7, 11) is 1.46. The number of hydrogen-bond donors (Lipinski definition) is 1.